The molecule has 110 valence electrons. The maximum Gasteiger partial charge on any atom is 0.223 e. The summed E-state index contributed by atoms with van der Waals surface area (Å²) in [7, 11) is 3.88. The second-order valence-corrected chi connectivity index (χ2v) is 4.93. The Balaban J connectivity index is 3.11. The molecule has 0 aromatic heterocycles. The second-order valence-electron chi connectivity index (χ2n) is 4.93. The minimum atomic E-state index is -0.201. The Morgan fingerprint density at radius 3 is 2.35 bits per heavy atom. The first-order chi connectivity index (χ1) is 9.31. The molecule has 0 spiro atoms. The molecule has 6 heteroatoms. The van der Waals surface area contributed by atoms with Gasteiger partial charge in [-0.15, -0.1) is 0 Å². The summed E-state index contributed by atoms with van der Waals surface area (Å²) in [6.07, 6.45) is 0. The number of nitrogens with one attached hydrogen (secondary N) is 1. The number of carbonyl (C=O) groups excluding carboxylic acids is 2. The highest BCUT2D eigenvalue weighted by atomic mass is 16.2. The first kappa shape index (κ1) is 16.0. The van der Waals surface area contributed by atoms with E-state index in [0.29, 0.717) is 23.6 Å². The molecule has 0 saturated heterocycles. The number of amides is 2. The van der Waals surface area contributed by atoms with Crippen molar-refractivity contribution in [2.45, 2.75) is 13.8 Å². The minimum absolute atomic E-state index is 0.0803. The lowest BCUT2D eigenvalue weighted by Crippen LogP contribution is -2.35. The summed E-state index contributed by atoms with van der Waals surface area (Å²) in [6.45, 7) is 4.19. The number of hydrogen-bond acceptors (Lipinski definition) is 4. The Bertz CT molecular complexity index is 500. The fourth-order valence-electron chi connectivity index (χ4n) is 1.83. The summed E-state index contributed by atoms with van der Waals surface area (Å²) >= 11 is 0. The van der Waals surface area contributed by atoms with Gasteiger partial charge >= 0.3 is 0 Å². The summed E-state index contributed by atoms with van der Waals surface area (Å²) in [5.41, 5.74) is 7.48. The summed E-state index contributed by atoms with van der Waals surface area (Å²) in [6, 6.07) is 5.12. The van der Waals surface area contributed by atoms with Gasteiger partial charge in [-0.3, -0.25) is 9.59 Å². The highest BCUT2D eigenvalue weighted by Gasteiger charge is 2.16. The van der Waals surface area contributed by atoms with Crippen molar-refractivity contribution in [3.05, 3.63) is 18.2 Å². The number of nitrogens with two attached hydrogens (primary N) is 1. The molecule has 0 fully saturated rings. The van der Waals surface area contributed by atoms with Crippen LogP contribution >= 0.6 is 0 Å². The van der Waals surface area contributed by atoms with Crippen molar-refractivity contribution in [3.63, 3.8) is 0 Å². The number of benzene rings is 1. The van der Waals surface area contributed by atoms with E-state index in [9.17, 15) is 9.59 Å². The Morgan fingerprint density at radius 2 is 1.85 bits per heavy atom. The average Bonchev–Trinajstić information content (AvgIpc) is 2.30. The smallest absolute Gasteiger partial charge is 0.223 e. The van der Waals surface area contributed by atoms with Crippen LogP contribution in [-0.2, 0) is 9.59 Å². The standard InChI is InChI=1S/C14H22N4O2/c1-10(19)16-13-9-12(15)5-6-14(13)18(11(2)20)8-7-17(3)4/h5-6,9H,7-8,15H2,1-4H3,(H,16,19). The monoisotopic (exact) mass is 278 g/mol. The van der Waals surface area contributed by atoms with E-state index in [1.165, 1.54) is 13.8 Å². The molecule has 20 heavy (non-hydrogen) atoms. The predicted octanol–water partition coefficient (Wildman–Crippen LogP) is 1.14. The molecule has 0 atom stereocenters. The molecule has 0 saturated carbocycles. The number of carbonyl (C=O) groups is 2. The Labute approximate surface area is 119 Å². The Kier molecular flexibility index (Phi) is 5.52. The largest absolute Gasteiger partial charge is 0.399 e. The zero-order chi connectivity index (χ0) is 15.3. The van der Waals surface area contributed by atoms with Gasteiger partial charge in [-0.1, -0.05) is 0 Å². The van der Waals surface area contributed by atoms with Crippen LogP contribution in [0, 0.1) is 0 Å². The average molecular weight is 278 g/mol. The Hall–Kier alpha value is -2.08. The fraction of sp³-hybridized carbons (Fsp3) is 0.429. The van der Waals surface area contributed by atoms with Gasteiger partial charge in [0.05, 0.1) is 11.4 Å². The molecule has 0 unspecified atom stereocenters. The van der Waals surface area contributed by atoms with E-state index in [4.69, 9.17) is 5.73 Å². The summed E-state index contributed by atoms with van der Waals surface area (Å²) in [5, 5.41) is 2.71. The molecule has 0 heterocycles. The number of likely N-dealkylation sites (N-methyl/N-ethyl adjacent to an activating group) is 1. The predicted molar refractivity (Wildman–Crippen MR) is 81.7 cm³/mol. The highest BCUT2D eigenvalue weighted by Crippen LogP contribution is 2.28. The third kappa shape index (κ3) is 4.55. The van der Waals surface area contributed by atoms with Crippen LogP contribution in [0.3, 0.4) is 0 Å². The zero-order valence-corrected chi connectivity index (χ0v) is 12.4. The zero-order valence-electron chi connectivity index (χ0n) is 12.4. The summed E-state index contributed by atoms with van der Waals surface area (Å²) in [5.74, 6) is -0.281. The van der Waals surface area contributed by atoms with E-state index in [1.54, 1.807) is 23.1 Å². The number of nitrogens with zero attached hydrogens (tertiary/aromatic N) is 2. The van der Waals surface area contributed by atoms with Gasteiger partial charge in [0, 0.05) is 32.6 Å². The molecule has 0 radical (unpaired) electrons. The lowest BCUT2D eigenvalue weighted by Gasteiger charge is -2.25. The molecule has 2 amide bonds. The fourth-order valence-corrected chi connectivity index (χ4v) is 1.83. The van der Waals surface area contributed by atoms with Gasteiger partial charge in [0.1, 0.15) is 0 Å². The molecule has 0 aliphatic rings. The molecule has 0 bridgehead atoms. The van der Waals surface area contributed by atoms with Gasteiger partial charge in [0.15, 0.2) is 0 Å². The van der Waals surface area contributed by atoms with E-state index in [1.807, 2.05) is 19.0 Å². The van der Waals surface area contributed by atoms with E-state index in [-0.39, 0.29) is 11.8 Å². The Morgan fingerprint density at radius 1 is 1.20 bits per heavy atom. The van der Waals surface area contributed by atoms with E-state index in [0.717, 1.165) is 6.54 Å². The van der Waals surface area contributed by atoms with Crippen molar-refractivity contribution < 1.29 is 9.59 Å². The molecule has 1 aromatic carbocycles. The van der Waals surface area contributed by atoms with Gasteiger partial charge < -0.3 is 20.9 Å². The van der Waals surface area contributed by atoms with Gasteiger partial charge in [-0.2, -0.15) is 0 Å². The van der Waals surface area contributed by atoms with Crippen molar-refractivity contribution >= 4 is 28.9 Å². The third-order valence-corrected chi connectivity index (χ3v) is 2.77. The van der Waals surface area contributed by atoms with Crippen LogP contribution < -0.4 is 16.0 Å². The summed E-state index contributed by atoms with van der Waals surface area (Å²) in [4.78, 5) is 26.7. The van der Waals surface area contributed by atoms with Crippen LogP contribution in [0.1, 0.15) is 13.8 Å². The van der Waals surface area contributed by atoms with Crippen molar-refractivity contribution in [2.24, 2.45) is 0 Å². The molecule has 1 aromatic rings. The summed E-state index contributed by atoms with van der Waals surface area (Å²) < 4.78 is 0. The van der Waals surface area contributed by atoms with Crippen LogP contribution in [0.15, 0.2) is 18.2 Å². The van der Waals surface area contributed by atoms with E-state index >= 15 is 0 Å². The molecule has 6 nitrogen and oxygen atoms in total. The van der Waals surface area contributed by atoms with Crippen LogP contribution in [0.5, 0.6) is 0 Å². The van der Waals surface area contributed by atoms with E-state index < -0.39 is 0 Å². The first-order valence-corrected chi connectivity index (χ1v) is 6.41. The van der Waals surface area contributed by atoms with Gasteiger partial charge in [0.25, 0.3) is 0 Å². The first-order valence-electron chi connectivity index (χ1n) is 6.41. The number of anilines is 3. The van der Waals surface area contributed by atoms with Crippen molar-refractivity contribution in [1.82, 2.24) is 4.90 Å². The van der Waals surface area contributed by atoms with Crippen molar-refractivity contribution in [1.29, 1.82) is 0 Å². The molecule has 3 N–H and O–H groups in total. The van der Waals surface area contributed by atoms with Gasteiger partial charge in [0.2, 0.25) is 11.8 Å². The van der Waals surface area contributed by atoms with Gasteiger partial charge in [-0.25, -0.2) is 0 Å². The quantitative estimate of drug-likeness (QED) is 0.792. The lowest BCUT2D eigenvalue weighted by molar-refractivity contribution is -0.117. The van der Waals surface area contributed by atoms with Crippen LogP contribution in [0.25, 0.3) is 0 Å². The second kappa shape index (κ2) is 6.91. The maximum atomic E-state index is 11.8. The number of nitrogen functional groups attached to an aromatic ring is 1. The normalized spacial score (nSPS) is 10.4. The van der Waals surface area contributed by atoms with Crippen LogP contribution in [-0.4, -0.2) is 43.9 Å². The third-order valence-electron chi connectivity index (χ3n) is 2.77. The number of hydrogen-bond donors (Lipinski definition) is 2. The van der Waals surface area contributed by atoms with Crippen LogP contribution in [0.4, 0.5) is 17.1 Å². The van der Waals surface area contributed by atoms with Crippen molar-refractivity contribution in [2.75, 3.05) is 43.1 Å². The SMILES string of the molecule is CC(=O)Nc1cc(N)ccc1N(CCN(C)C)C(C)=O. The molecule has 0 aliphatic heterocycles. The van der Waals surface area contributed by atoms with Crippen molar-refractivity contribution in [3.8, 4) is 0 Å². The lowest BCUT2D eigenvalue weighted by atomic mass is 10.2. The molecular formula is C14H22N4O2. The maximum absolute atomic E-state index is 11.8. The molecule has 1 rings (SSSR count). The van der Waals surface area contributed by atoms with Crippen LogP contribution in [0.2, 0.25) is 0 Å². The molecule has 0 aliphatic carbocycles. The topological polar surface area (TPSA) is 78.7 Å². The highest BCUT2D eigenvalue weighted by molar-refractivity contribution is 6.00. The van der Waals surface area contributed by atoms with Gasteiger partial charge in [-0.05, 0) is 32.3 Å². The van der Waals surface area contributed by atoms with E-state index in [2.05, 4.69) is 5.32 Å². The minimum Gasteiger partial charge on any atom is -0.399 e. The molecular weight excluding hydrogens is 256 g/mol. The number of rotatable bonds is 5.